The molecule has 0 aliphatic rings. The molecule has 1 heterocycles. The zero-order chi connectivity index (χ0) is 19.0. The van der Waals surface area contributed by atoms with Crippen molar-refractivity contribution in [3.63, 3.8) is 0 Å². The SMILES string of the molecule is Cc1c(C(N)=O)c(-c2ccc(Br)cc2)c(C)n1Cc1ccc(F)c(F)c1. The summed E-state index contributed by atoms with van der Waals surface area (Å²) in [4.78, 5) is 12.1. The Morgan fingerprint density at radius 2 is 1.69 bits per heavy atom. The molecule has 0 aliphatic carbocycles. The van der Waals surface area contributed by atoms with E-state index >= 15 is 0 Å². The molecule has 3 aromatic rings. The lowest BCUT2D eigenvalue weighted by Gasteiger charge is -2.10. The van der Waals surface area contributed by atoms with Crippen molar-refractivity contribution in [1.29, 1.82) is 0 Å². The molecule has 0 aliphatic heterocycles. The maximum absolute atomic E-state index is 13.5. The number of carbonyl (C=O) groups is 1. The normalized spacial score (nSPS) is 11.0. The molecule has 0 atom stereocenters. The number of nitrogens with two attached hydrogens (primary N) is 1. The van der Waals surface area contributed by atoms with E-state index in [-0.39, 0.29) is 0 Å². The second-order valence-electron chi connectivity index (χ2n) is 6.13. The molecule has 0 saturated carbocycles. The number of primary amides is 1. The number of halogens is 3. The highest BCUT2D eigenvalue weighted by Gasteiger charge is 2.22. The summed E-state index contributed by atoms with van der Waals surface area (Å²) in [7, 11) is 0. The molecule has 0 unspecified atom stereocenters. The lowest BCUT2D eigenvalue weighted by Crippen LogP contribution is -2.13. The molecule has 2 aromatic carbocycles. The van der Waals surface area contributed by atoms with Gasteiger partial charge in [-0.05, 0) is 49.2 Å². The number of hydrogen-bond donors (Lipinski definition) is 1. The van der Waals surface area contributed by atoms with Gasteiger partial charge in [0.1, 0.15) is 0 Å². The van der Waals surface area contributed by atoms with Gasteiger partial charge in [0, 0.05) is 28.0 Å². The van der Waals surface area contributed by atoms with Crippen LogP contribution in [0.25, 0.3) is 11.1 Å². The lowest BCUT2D eigenvalue weighted by molar-refractivity contribution is 0.1000. The Morgan fingerprint density at radius 3 is 2.27 bits per heavy atom. The average molecular weight is 419 g/mol. The van der Waals surface area contributed by atoms with Crippen LogP contribution in [0.2, 0.25) is 0 Å². The van der Waals surface area contributed by atoms with Gasteiger partial charge in [0.15, 0.2) is 11.6 Å². The summed E-state index contributed by atoms with van der Waals surface area (Å²) in [6.45, 7) is 4.00. The number of benzene rings is 2. The number of carbonyl (C=O) groups excluding carboxylic acids is 1. The zero-order valence-electron chi connectivity index (χ0n) is 14.3. The smallest absolute Gasteiger partial charge is 0.251 e. The average Bonchev–Trinajstić information content (AvgIpc) is 2.83. The minimum atomic E-state index is -0.895. The Balaban J connectivity index is 2.14. The molecule has 3 rings (SSSR count). The Kier molecular flexibility index (Phi) is 4.96. The fourth-order valence-electron chi connectivity index (χ4n) is 3.21. The van der Waals surface area contributed by atoms with Crippen molar-refractivity contribution in [2.24, 2.45) is 5.73 Å². The van der Waals surface area contributed by atoms with Gasteiger partial charge in [-0.15, -0.1) is 0 Å². The maximum atomic E-state index is 13.5. The summed E-state index contributed by atoms with van der Waals surface area (Å²) in [6, 6.07) is 11.4. The van der Waals surface area contributed by atoms with E-state index in [1.165, 1.54) is 6.07 Å². The van der Waals surface area contributed by atoms with Crippen molar-refractivity contribution < 1.29 is 13.6 Å². The number of amides is 1. The molecule has 2 N–H and O–H groups in total. The van der Waals surface area contributed by atoms with E-state index in [1.54, 1.807) is 6.92 Å². The number of aromatic nitrogens is 1. The van der Waals surface area contributed by atoms with Gasteiger partial charge in [-0.2, -0.15) is 0 Å². The molecular formula is C20H17BrF2N2O. The monoisotopic (exact) mass is 418 g/mol. The van der Waals surface area contributed by atoms with E-state index in [1.807, 2.05) is 35.8 Å². The zero-order valence-corrected chi connectivity index (χ0v) is 15.9. The van der Waals surface area contributed by atoms with Gasteiger partial charge >= 0.3 is 0 Å². The molecule has 1 amide bonds. The first-order valence-corrected chi connectivity index (χ1v) is 8.78. The van der Waals surface area contributed by atoms with Crippen LogP contribution in [0, 0.1) is 25.5 Å². The third-order valence-electron chi connectivity index (χ3n) is 4.49. The predicted octanol–water partition coefficient (Wildman–Crippen LogP) is 4.96. The number of nitrogens with zero attached hydrogens (tertiary/aromatic N) is 1. The summed E-state index contributed by atoms with van der Waals surface area (Å²) in [6.07, 6.45) is 0. The molecule has 0 bridgehead atoms. The summed E-state index contributed by atoms with van der Waals surface area (Å²) in [5.74, 6) is -2.30. The van der Waals surface area contributed by atoms with Gasteiger partial charge in [0.05, 0.1) is 5.56 Å². The fraction of sp³-hybridized carbons (Fsp3) is 0.150. The summed E-state index contributed by atoms with van der Waals surface area (Å²) in [5, 5.41) is 0. The van der Waals surface area contributed by atoms with Crippen LogP contribution in [0.1, 0.15) is 27.3 Å². The van der Waals surface area contributed by atoms with Gasteiger partial charge in [-0.25, -0.2) is 8.78 Å². The molecule has 0 saturated heterocycles. The van der Waals surface area contributed by atoms with Crippen molar-refractivity contribution in [2.75, 3.05) is 0 Å². The van der Waals surface area contributed by atoms with Crippen molar-refractivity contribution in [2.45, 2.75) is 20.4 Å². The topological polar surface area (TPSA) is 48.0 Å². The summed E-state index contributed by atoms with van der Waals surface area (Å²) >= 11 is 3.40. The Bertz CT molecular complexity index is 994. The van der Waals surface area contributed by atoms with E-state index in [2.05, 4.69) is 15.9 Å². The van der Waals surface area contributed by atoms with Crippen molar-refractivity contribution >= 4 is 21.8 Å². The molecular weight excluding hydrogens is 402 g/mol. The van der Waals surface area contributed by atoms with Gasteiger partial charge < -0.3 is 10.3 Å². The van der Waals surface area contributed by atoms with Crippen LogP contribution < -0.4 is 5.73 Å². The first-order valence-electron chi connectivity index (χ1n) is 7.99. The Labute approximate surface area is 158 Å². The quantitative estimate of drug-likeness (QED) is 0.639. The minimum Gasteiger partial charge on any atom is -0.366 e. The maximum Gasteiger partial charge on any atom is 0.251 e. The van der Waals surface area contributed by atoms with Crippen LogP contribution >= 0.6 is 15.9 Å². The highest BCUT2D eigenvalue weighted by Crippen LogP contribution is 2.33. The molecule has 26 heavy (non-hydrogen) atoms. The van der Waals surface area contributed by atoms with Crippen molar-refractivity contribution in [1.82, 2.24) is 4.57 Å². The minimum absolute atomic E-state index is 0.311. The third kappa shape index (κ3) is 3.29. The van der Waals surface area contributed by atoms with Crippen LogP contribution in [0.5, 0.6) is 0 Å². The molecule has 134 valence electrons. The van der Waals surface area contributed by atoms with E-state index in [0.717, 1.165) is 33.4 Å². The van der Waals surface area contributed by atoms with Crippen molar-refractivity contribution in [3.8, 4) is 11.1 Å². The van der Waals surface area contributed by atoms with Gasteiger partial charge in [-0.1, -0.05) is 34.1 Å². The van der Waals surface area contributed by atoms with E-state index in [0.29, 0.717) is 23.4 Å². The Morgan fingerprint density at radius 1 is 1.04 bits per heavy atom. The van der Waals surface area contributed by atoms with Crippen LogP contribution in [0.3, 0.4) is 0 Å². The van der Waals surface area contributed by atoms with Crippen molar-refractivity contribution in [3.05, 3.63) is 81.1 Å². The van der Waals surface area contributed by atoms with E-state index in [9.17, 15) is 13.6 Å². The highest BCUT2D eigenvalue weighted by molar-refractivity contribution is 9.10. The summed E-state index contributed by atoms with van der Waals surface area (Å²) < 4.78 is 29.5. The largest absolute Gasteiger partial charge is 0.366 e. The van der Waals surface area contributed by atoms with Gasteiger partial charge in [0.25, 0.3) is 5.91 Å². The standard InChI is InChI=1S/C20H17BrF2N2O/c1-11-18(14-4-6-15(21)7-5-14)19(20(24)26)12(2)25(11)10-13-3-8-16(22)17(23)9-13/h3-9H,10H2,1-2H3,(H2,24,26). The third-order valence-corrected chi connectivity index (χ3v) is 5.02. The molecule has 3 nitrogen and oxygen atoms in total. The van der Waals surface area contributed by atoms with E-state index < -0.39 is 17.5 Å². The predicted molar refractivity (Wildman–Crippen MR) is 101 cm³/mol. The highest BCUT2D eigenvalue weighted by atomic mass is 79.9. The van der Waals surface area contributed by atoms with Crippen LogP contribution in [0.15, 0.2) is 46.9 Å². The number of rotatable bonds is 4. The van der Waals surface area contributed by atoms with Crippen LogP contribution in [-0.2, 0) is 6.54 Å². The van der Waals surface area contributed by atoms with E-state index in [4.69, 9.17) is 5.73 Å². The number of hydrogen-bond acceptors (Lipinski definition) is 1. The second-order valence-corrected chi connectivity index (χ2v) is 7.04. The molecule has 6 heteroatoms. The van der Waals surface area contributed by atoms with Gasteiger partial charge in [0.2, 0.25) is 0 Å². The van der Waals surface area contributed by atoms with Gasteiger partial charge in [-0.3, -0.25) is 4.79 Å². The Hall–Kier alpha value is -2.47. The first-order chi connectivity index (χ1) is 12.3. The molecule has 0 spiro atoms. The summed E-state index contributed by atoms with van der Waals surface area (Å²) in [5.41, 5.74) is 9.82. The van der Waals surface area contributed by atoms with Crippen LogP contribution in [-0.4, -0.2) is 10.5 Å². The first kappa shape index (κ1) is 18.3. The molecule has 1 aromatic heterocycles. The lowest BCUT2D eigenvalue weighted by atomic mass is 10.0. The second kappa shape index (κ2) is 7.03. The molecule has 0 fully saturated rings. The molecule has 0 radical (unpaired) electrons. The fourth-order valence-corrected chi connectivity index (χ4v) is 3.48. The van der Waals surface area contributed by atoms with Crippen LogP contribution in [0.4, 0.5) is 8.78 Å².